The van der Waals surface area contributed by atoms with Gasteiger partial charge >= 0.3 is 11.9 Å². The molecule has 8 aromatic rings. The van der Waals surface area contributed by atoms with Crippen LogP contribution < -0.4 is 31.6 Å². The quantitative estimate of drug-likeness (QED) is 0.0296. The Morgan fingerprint density at radius 2 is 0.914 bits per heavy atom. The second-order valence-corrected chi connectivity index (χ2v) is 16.6. The van der Waals surface area contributed by atoms with E-state index in [1.807, 2.05) is 50.2 Å². The van der Waals surface area contributed by atoms with Crippen LogP contribution in [0, 0.1) is 27.7 Å². The van der Waals surface area contributed by atoms with E-state index in [4.69, 9.17) is 20.9 Å². The standard InChI is InChI=1S/C54H48N6O10/c1-29-37(17-19-39(55)47(29)53(65)66)51(63)49-31(3)45(41-15-5-7-23-59(41)49)33-11-9-13-35(25-33)69-27-43(61)57-21-22-58-44(62)28-70-36-14-10-12-34(26-36)46-32(4)50(60-24-8-6-16-42(46)60)52(64)38-18-20-40(56)48(30(38)2)54(67)68/h5-20,23-26H,21-22,27-28,55-56H2,1-4H3,(H,57,61)(H,58,62)(H,65,66)(H,67,68). The molecule has 0 bridgehead atoms. The lowest BCUT2D eigenvalue weighted by molar-refractivity contribution is -0.124. The molecule has 16 nitrogen and oxygen atoms in total. The van der Waals surface area contributed by atoms with Crippen molar-refractivity contribution in [2.75, 3.05) is 37.8 Å². The molecule has 16 heteroatoms. The Morgan fingerprint density at radius 3 is 1.30 bits per heavy atom. The van der Waals surface area contributed by atoms with Crippen LogP contribution in [-0.4, -0.2) is 80.6 Å². The van der Waals surface area contributed by atoms with Gasteiger partial charge in [0.25, 0.3) is 11.8 Å². The molecule has 8 rings (SSSR count). The number of aromatic nitrogens is 2. The molecule has 70 heavy (non-hydrogen) atoms. The third-order valence-electron chi connectivity index (χ3n) is 12.3. The molecule has 4 aromatic heterocycles. The molecule has 0 aliphatic heterocycles. The maximum atomic E-state index is 14.1. The summed E-state index contributed by atoms with van der Waals surface area (Å²) in [4.78, 5) is 77.8. The molecular weight excluding hydrogens is 893 g/mol. The van der Waals surface area contributed by atoms with Crippen LogP contribution in [0.3, 0.4) is 0 Å². The molecule has 0 aliphatic carbocycles. The van der Waals surface area contributed by atoms with Gasteiger partial charge in [0.15, 0.2) is 13.2 Å². The number of rotatable bonds is 17. The van der Waals surface area contributed by atoms with Crippen molar-refractivity contribution in [2.24, 2.45) is 0 Å². The van der Waals surface area contributed by atoms with E-state index in [1.54, 1.807) is 83.6 Å². The van der Waals surface area contributed by atoms with Crippen LogP contribution in [0.4, 0.5) is 11.4 Å². The fourth-order valence-electron chi connectivity index (χ4n) is 9.02. The van der Waals surface area contributed by atoms with Crippen LogP contribution >= 0.6 is 0 Å². The number of aromatic carboxylic acids is 2. The SMILES string of the molecule is Cc1c(C(=O)c2c(C)c(-c3cccc(OCC(=O)NCCNC(=O)COc4cccc(-c5c(C)c(C(=O)c6ccc(N)c(C(=O)O)c6C)n6ccccc56)c4)c3)c3ccccn23)ccc(N)c1C(=O)O. The number of carbonyl (C=O) groups excluding carboxylic acids is 4. The first-order chi connectivity index (χ1) is 33.6. The van der Waals surface area contributed by atoms with E-state index in [-0.39, 0.29) is 82.6 Å². The number of ether oxygens (including phenoxy) is 2. The van der Waals surface area contributed by atoms with Gasteiger partial charge in [-0.15, -0.1) is 0 Å². The van der Waals surface area contributed by atoms with E-state index in [9.17, 15) is 39.0 Å². The number of ketones is 2. The van der Waals surface area contributed by atoms with Crippen LogP contribution in [0.1, 0.15) is 75.1 Å². The van der Waals surface area contributed by atoms with Gasteiger partial charge in [0.05, 0.1) is 33.5 Å². The van der Waals surface area contributed by atoms with Crippen LogP contribution in [0.5, 0.6) is 11.5 Å². The molecule has 8 N–H and O–H groups in total. The number of nitrogen functional groups attached to an aromatic ring is 2. The summed E-state index contributed by atoms with van der Waals surface area (Å²) >= 11 is 0. The predicted octanol–water partition coefficient (Wildman–Crippen LogP) is 7.47. The van der Waals surface area contributed by atoms with Gasteiger partial charge in [0.1, 0.15) is 11.5 Å². The molecule has 2 amide bonds. The Hall–Kier alpha value is -9.18. The van der Waals surface area contributed by atoms with Gasteiger partial charge in [-0.3, -0.25) is 19.2 Å². The number of amides is 2. The summed E-state index contributed by atoms with van der Waals surface area (Å²) < 4.78 is 15.3. The summed E-state index contributed by atoms with van der Waals surface area (Å²) in [5, 5.41) is 25.0. The third-order valence-corrected chi connectivity index (χ3v) is 12.3. The topological polar surface area (TPSA) is 246 Å². The van der Waals surface area contributed by atoms with Crippen molar-refractivity contribution in [2.45, 2.75) is 27.7 Å². The molecule has 0 unspecified atom stereocenters. The zero-order valence-electron chi connectivity index (χ0n) is 38.6. The smallest absolute Gasteiger partial charge is 0.338 e. The summed E-state index contributed by atoms with van der Waals surface area (Å²) in [7, 11) is 0. The number of nitrogens with two attached hydrogens (primary N) is 2. The number of nitrogens with one attached hydrogen (secondary N) is 2. The van der Waals surface area contributed by atoms with Crippen molar-refractivity contribution in [1.29, 1.82) is 0 Å². The Bertz CT molecular complexity index is 3230. The van der Waals surface area contributed by atoms with Crippen LogP contribution in [0.25, 0.3) is 33.3 Å². The van der Waals surface area contributed by atoms with E-state index in [2.05, 4.69) is 10.6 Å². The Kier molecular flexibility index (Phi) is 13.2. The number of hydrogen-bond donors (Lipinski definition) is 6. The first-order valence-electron chi connectivity index (χ1n) is 22.1. The number of anilines is 2. The number of carbonyl (C=O) groups is 6. The highest BCUT2D eigenvalue weighted by molar-refractivity contribution is 6.15. The average molecular weight is 941 g/mol. The molecule has 354 valence electrons. The highest BCUT2D eigenvalue weighted by Crippen LogP contribution is 2.38. The molecule has 0 saturated carbocycles. The van der Waals surface area contributed by atoms with Gasteiger partial charge in [-0.05, 0) is 134 Å². The van der Waals surface area contributed by atoms with Crippen LogP contribution in [0.15, 0.2) is 122 Å². The maximum Gasteiger partial charge on any atom is 0.338 e. The Balaban J connectivity index is 0.865. The summed E-state index contributed by atoms with van der Waals surface area (Å²) in [6, 6.07) is 31.2. The van der Waals surface area contributed by atoms with E-state index in [1.165, 1.54) is 24.3 Å². The fourth-order valence-corrected chi connectivity index (χ4v) is 9.02. The van der Waals surface area contributed by atoms with E-state index >= 15 is 0 Å². The van der Waals surface area contributed by atoms with Gasteiger partial charge in [0, 0.05) is 59.1 Å². The second kappa shape index (κ2) is 19.6. The molecule has 0 radical (unpaired) electrons. The molecule has 4 aromatic carbocycles. The van der Waals surface area contributed by atoms with E-state index in [0.717, 1.165) is 33.3 Å². The van der Waals surface area contributed by atoms with Crippen molar-refractivity contribution in [3.05, 3.63) is 177 Å². The summed E-state index contributed by atoms with van der Waals surface area (Å²) in [6.45, 7) is 6.40. The monoisotopic (exact) mass is 940 g/mol. The van der Waals surface area contributed by atoms with Gasteiger partial charge in [-0.2, -0.15) is 0 Å². The summed E-state index contributed by atoms with van der Waals surface area (Å²) in [6.07, 6.45) is 3.54. The minimum absolute atomic E-state index is 0.0683. The van der Waals surface area contributed by atoms with Gasteiger partial charge in [0.2, 0.25) is 11.6 Å². The molecular formula is C54H48N6O10. The fraction of sp³-hybridized carbons (Fsp3) is 0.148. The molecule has 4 heterocycles. The normalized spacial score (nSPS) is 11.1. The zero-order valence-corrected chi connectivity index (χ0v) is 38.6. The number of nitrogens with zero attached hydrogens (tertiary/aromatic N) is 2. The van der Waals surface area contributed by atoms with Crippen LogP contribution in [0.2, 0.25) is 0 Å². The Morgan fingerprint density at radius 1 is 0.514 bits per heavy atom. The van der Waals surface area contributed by atoms with Gasteiger partial charge in [-0.1, -0.05) is 36.4 Å². The maximum absolute atomic E-state index is 14.1. The summed E-state index contributed by atoms with van der Waals surface area (Å²) in [5.41, 5.74) is 19.3. The molecule has 0 spiro atoms. The van der Waals surface area contributed by atoms with Crippen molar-refractivity contribution in [3.63, 3.8) is 0 Å². The number of hydrogen-bond acceptors (Lipinski definition) is 10. The summed E-state index contributed by atoms with van der Waals surface area (Å²) in [5.74, 6) is -3.19. The molecule has 0 saturated heterocycles. The predicted molar refractivity (Wildman–Crippen MR) is 264 cm³/mol. The zero-order chi connectivity index (χ0) is 50.0. The average Bonchev–Trinajstić information content (AvgIpc) is 3.80. The van der Waals surface area contributed by atoms with E-state index in [0.29, 0.717) is 34.0 Å². The number of fused-ring (bicyclic) bond motifs is 2. The van der Waals surface area contributed by atoms with Crippen molar-refractivity contribution < 1.29 is 48.5 Å². The largest absolute Gasteiger partial charge is 0.484 e. The number of carboxylic acids is 2. The lowest BCUT2D eigenvalue weighted by Crippen LogP contribution is -2.38. The van der Waals surface area contributed by atoms with Crippen LogP contribution in [-0.2, 0) is 9.59 Å². The Labute approximate surface area is 401 Å². The van der Waals surface area contributed by atoms with Gasteiger partial charge in [-0.25, -0.2) is 9.59 Å². The first kappa shape index (κ1) is 47.3. The lowest BCUT2D eigenvalue weighted by atomic mass is 9.94. The number of benzene rings is 4. The number of pyridine rings is 2. The van der Waals surface area contributed by atoms with Gasteiger partial charge < -0.3 is 50.6 Å². The first-order valence-corrected chi connectivity index (χ1v) is 22.1. The molecule has 0 fully saturated rings. The molecule has 0 aliphatic rings. The minimum atomic E-state index is -1.22. The minimum Gasteiger partial charge on any atom is -0.484 e. The van der Waals surface area contributed by atoms with Crippen molar-refractivity contribution in [1.82, 2.24) is 19.4 Å². The third kappa shape index (κ3) is 9.00. The molecule has 0 atom stereocenters. The number of carboxylic acid groups (broad SMARTS) is 2. The second-order valence-electron chi connectivity index (χ2n) is 16.6. The lowest BCUT2D eigenvalue weighted by Gasteiger charge is -2.12. The van der Waals surface area contributed by atoms with E-state index < -0.39 is 23.8 Å². The highest BCUT2D eigenvalue weighted by Gasteiger charge is 2.28. The van der Waals surface area contributed by atoms with Crippen molar-refractivity contribution in [3.8, 4) is 33.8 Å². The van der Waals surface area contributed by atoms with Crippen molar-refractivity contribution >= 4 is 57.7 Å². The highest BCUT2D eigenvalue weighted by atomic mass is 16.5.